The highest BCUT2D eigenvalue weighted by atomic mass is 35.5. The zero-order chi connectivity index (χ0) is 17.8. The molecule has 0 bridgehead atoms. The van der Waals surface area contributed by atoms with E-state index >= 15 is 0 Å². The van der Waals surface area contributed by atoms with Gasteiger partial charge < -0.3 is 15.5 Å². The van der Waals surface area contributed by atoms with Gasteiger partial charge in [0.1, 0.15) is 0 Å². The first-order chi connectivity index (χ1) is 12.0. The summed E-state index contributed by atoms with van der Waals surface area (Å²) < 4.78 is 0. The van der Waals surface area contributed by atoms with Crippen molar-refractivity contribution in [3.8, 4) is 0 Å². The number of nitrogens with two attached hydrogens (primary N) is 1. The van der Waals surface area contributed by atoms with E-state index in [9.17, 15) is 9.59 Å². The molecule has 0 atom stereocenters. The molecule has 2 N–H and O–H groups in total. The van der Waals surface area contributed by atoms with Gasteiger partial charge >= 0.3 is 0 Å². The number of hydrogen-bond acceptors (Lipinski definition) is 3. The van der Waals surface area contributed by atoms with Crippen molar-refractivity contribution in [3.05, 3.63) is 65.2 Å². The molecule has 1 aliphatic heterocycles. The molecule has 5 nitrogen and oxygen atoms in total. The second-order valence-electron chi connectivity index (χ2n) is 6.42. The molecule has 6 heteroatoms. The molecule has 3 rings (SSSR count). The predicted octanol–water partition coefficient (Wildman–Crippen LogP) is 2.53. The summed E-state index contributed by atoms with van der Waals surface area (Å²) in [7, 11) is 0. The summed E-state index contributed by atoms with van der Waals surface area (Å²) in [5.41, 5.74) is 9.11. The van der Waals surface area contributed by atoms with Gasteiger partial charge in [-0.25, -0.2) is 0 Å². The van der Waals surface area contributed by atoms with Crippen LogP contribution in [0.1, 0.15) is 21.5 Å². The quantitative estimate of drug-likeness (QED) is 0.841. The van der Waals surface area contributed by atoms with Gasteiger partial charge in [-0.05, 0) is 24.6 Å². The minimum atomic E-state index is -0.0660. The standard InChI is InChI=1S/C20H23N3O2.ClH/c1-15-6-8-16(9-7-15)14-19(24)22-10-12-23(13-11-22)20(25)17-4-2-3-5-18(17)21;/h2-9H,10-14,21H2,1H3;1H. The molecule has 1 heterocycles. The summed E-state index contributed by atoms with van der Waals surface area (Å²) in [6, 6.07) is 15.1. The second-order valence-corrected chi connectivity index (χ2v) is 6.42. The molecule has 2 aromatic carbocycles. The van der Waals surface area contributed by atoms with Crippen LogP contribution in [0.2, 0.25) is 0 Å². The SMILES string of the molecule is Cc1ccc(CC(=O)N2CCN(C(=O)c3ccccc3N)CC2)cc1.Cl. The fourth-order valence-electron chi connectivity index (χ4n) is 3.01. The fourth-order valence-corrected chi connectivity index (χ4v) is 3.01. The largest absolute Gasteiger partial charge is 0.398 e. The molecule has 0 aliphatic carbocycles. The number of halogens is 1. The van der Waals surface area contributed by atoms with E-state index in [1.165, 1.54) is 5.56 Å². The molecule has 1 saturated heterocycles. The van der Waals surface area contributed by atoms with Gasteiger partial charge in [0.15, 0.2) is 0 Å². The van der Waals surface area contributed by atoms with E-state index in [1.54, 1.807) is 17.0 Å². The molecule has 138 valence electrons. The number of amides is 2. The van der Waals surface area contributed by atoms with Crippen molar-refractivity contribution in [1.29, 1.82) is 0 Å². The Hall–Kier alpha value is -2.53. The lowest BCUT2D eigenvalue weighted by atomic mass is 10.1. The van der Waals surface area contributed by atoms with E-state index < -0.39 is 0 Å². The van der Waals surface area contributed by atoms with Gasteiger partial charge in [0, 0.05) is 31.9 Å². The first-order valence-electron chi connectivity index (χ1n) is 8.51. The molecule has 0 spiro atoms. The molecule has 26 heavy (non-hydrogen) atoms. The van der Waals surface area contributed by atoms with Crippen LogP contribution >= 0.6 is 12.4 Å². The van der Waals surface area contributed by atoms with Gasteiger partial charge in [-0.1, -0.05) is 42.0 Å². The van der Waals surface area contributed by atoms with Crippen LogP contribution in [-0.4, -0.2) is 47.8 Å². The first-order valence-corrected chi connectivity index (χ1v) is 8.51. The third kappa shape index (κ3) is 4.55. The predicted molar refractivity (Wildman–Crippen MR) is 105 cm³/mol. The van der Waals surface area contributed by atoms with E-state index in [-0.39, 0.29) is 24.2 Å². The number of nitrogen functional groups attached to an aromatic ring is 1. The summed E-state index contributed by atoms with van der Waals surface area (Å²) >= 11 is 0. The van der Waals surface area contributed by atoms with Crippen molar-refractivity contribution in [3.63, 3.8) is 0 Å². The molecule has 0 saturated carbocycles. The lowest BCUT2D eigenvalue weighted by Gasteiger charge is -2.35. The maximum Gasteiger partial charge on any atom is 0.256 e. The third-order valence-electron chi connectivity index (χ3n) is 4.59. The average molecular weight is 374 g/mol. The molecule has 0 unspecified atom stereocenters. The number of rotatable bonds is 3. The van der Waals surface area contributed by atoms with Crippen molar-refractivity contribution in [2.45, 2.75) is 13.3 Å². The average Bonchev–Trinajstić information content (AvgIpc) is 2.63. The highest BCUT2D eigenvalue weighted by Gasteiger charge is 2.25. The lowest BCUT2D eigenvalue weighted by Crippen LogP contribution is -2.51. The van der Waals surface area contributed by atoms with E-state index in [0.717, 1.165) is 5.56 Å². The third-order valence-corrected chi connectivity index (χ3v) is 4.59. The topological polar surface area (TPSA) is 66.6 Å². The van der Waals surface area contributed by atoms with Crippen LogP contribution in [0.3, 0.4) is 0 Å². The van der Waals surface area contributed by atoms with Crippen molar-refractivity contribution in [1.82, 2.24) is 9.80 Å². The lowest BCUT2D eigenvalue weighted by molar-refractivity contribution is -0.131. The minimum Gasteiger partial charge on any atom is -0.398 e. The Morgan fingerprint density at radius 1 is 0.923 bits per heavy atom. The van der Waals surface area contributed by atoms with Gasteiger partial charge in [0.05, 0.1) is 12.0 Å². The summed E-state index contributed by atoms with van der Waals surface area (Å²) in [6.07, 6.45) is 0.403. The number of aryl methyl sites for hydroxylation is 1. The highest BCUT2D eigenvalue weighted by molar-refractivity contribution is 5.99. The number of carbonyl (C=O) groups excluding carboxylic acids is 2. The normalized spacial score (nSPS) is 13.9. The fraction of sp³-hybridized carbons (Fsp3) is 0.300. The first kappa shape index (κ1) is 19.8. The Morgan fingerprint density at radius 2 is 1.50 bits per heavy atom. The maximum absolute atomic E-state index is 12.6. The number of benzene rings is 2. The van der Waals surface area contributed by atoms with E-state index in [4.69, 9.17) is 5.73 Å². The van der Waals surface area contributed by atoms with Gasteiger partial charge in [0.25, 0.3) is 5.91 Å². The summed E-state index contributed by atoms with van der Waals surface area (Å²) in [6.45, 7) is 4.22. The molecule has 1 fully saturated rings. The van der Waals surface area contributed by atoms with Crippen molar-refractivity contribution in [2.24, 2.45) is 0 Å². The second kappa shape index (κ2) is 8.72. The van der Waals surface area contributed by atoms with E-state index in [2.05, 4.69) is 0 Å². The summed E-state index contributed by atoms with van der Waals surface area (Å²) in [5, 5.41) is 0. The zero-order valence-electron chi connectivity index (χ0n) is 14.9. The Bertz CT molecular complexity index is 769. The Kier molecular flexibility index (Phi) is 6.64. The van der Waals surface area contributed by atoms with E-state index in [0.29, 0.717) is 43.9 Å². The number of para-hydroxylation sites is 1. The Morgan fingerprint density at radius 3 is 2.12 bits per heavy atom. The number of hydrogen-bond donors (Lipinski definition) is 1. The number of carbonyl (C=O) groups is 2. The number of nitrogens with zero attached hydrogens (tertiary/aromatic N) is 2. The molecule has 0 aromatic heterocycles. The smallest absolute Gasteiger partial charge is 0.256 e. The molecular formula is C20H24ClN3O2. The maximum atomic E-state index is 12.6. The van der Waals surface area contributed by atoms with Gasteiger partial charge in [-0.2, -0.15) is 0 Å². The van der Waals surface area contributed by atoms with Crippen molar-refractivity contribution >= 4 is 29.9 Å². The molecular weight excluding hydrogens is 350 g/mol. The van der Waals surface area contributed by atoms with Gasteiger partial charge in [-0.3, -0.25) is 9.59 Å². The van der Waals surface area contributed by atoms with Crippen molar-refractivity contribution < 1.29 is 9.59 Å². The molecule has 0 radical (unpaired) electrons. The number of piperazine rings is 1. The van der Waals surface area contributed by atoms with Crippen LogP contribution in [0, 0.1) is 6.92 Å². The minimum absolute atomic E-state index is 0. The van der Waals surface area contributed by atoms with Gasteiger partial charge in [0.2, 0.25) is 5.91 Å². The Labute approximate surface area is 160 Å². The van der Waals surface area contributed by atoms with E-state index in [1.807, 2.05) is 48.2 Å². The van der Waals surface area contributed by atoms with Crippen LogP contribution in [0.25, 0.3) is 0 Å². The monoisotopic (exact) mass is 373 g/mol. The van der Waals surface area contributed by atoms with Crippen LogP contribution in [-0.2, 0) is 11.2 Å². The number of anilines is 1. The zero-order valence-corrected chi connectivity index (χ0v) is 15.7. The highest BCUT2D eigenvalue weighted by Crippen LogP contribution is 2.15. The van der Waals surface area contributed by atoms with Crippen LogP contribution in [0.15, 0.2) is 48.5 Å². The van der Waals surface area contributed by atoms with Crippen molar-refractivity contribution in [2.75, 3.05) is 31.9 Å². The molecule has 2 amide bonds. The van der Waals surface area contributed by atoms with Gasteiger partial charge in [-0.15, -0.1) is 12.4 Å². The molecule has 2 aromatic rings. The van der Waals surface area contributed by atoms with Crippen LogP contribution in [0.4, 0.5) is 5.69 Å². The van der Waals surface area contributed by atoms with Crippen LogP contribution in [0.5, 0.6) is 0 Å². The summed E-state index contributed by atoms with van der Waals surface area (Å²) in [4.78, 5) is 28.6. The Balaban J connectivity index is 0.00000243. The molecule has 1 aliphatic rings. The van der Waals surface area contributed by atoms with Crippen LogP contribution < -0.4 is 5.73 Å². The summed E-state index contributed by atoms with van der Waals surface area (Å²) in [5.74, 6) is 0.0407.